The van der Waals surface area contributed by atoms with Crippen LogP contribution in [0.15, 0.2) is 46.7 Å². The van der Waals surface area contributed by atoms with Gasteiger partial charge in [-0.2, -0.15) is 8.78 Å². The zero-order chi connectivity index (χ0) is 21.8. The molecule has 162 valence electrons. The van der Waals surface area contributed by atoms with Gasteiger partial charge in [-0.1, -0.05) is 0 Å². The quantitative estimate of drug-likeness (QED) is 0.662. The van der Waals surface area contributed by atoms with E-state index >= 15 is 0 Å². The van der Waals surface area contributed by atoms with Crippen LogP contribution in [0.1, 0.15) is 18.1 Å². The van der Waals surface area contributed by atoms with Gasteiger partial charge < -0.3 is 20.1 Å². The average Bonchev–Trinajstić information content (AvgIpc) is 3.29. The number of alkyl halides is 2. The van der Waals surface area contributed by atoms with E-state index < -0.39 is 12.6 Å². The van der Waals surface area contributed by atoms with Crippen molar-refractivity contribution in [2.24, 2.45) is 4.99 Å². The molecule has 0 spiro atoms. The Hall–Kier alpha value is -3.53. The molecule has 0 amide bonds. The number of anilines is 3. The normalized spacial score (nSPS) is 21.0. The lowest BCUT2D eigenvalue weighted by molar-refractivity contribution is -0.0507. The molecule has 2 bridgehead atoms. The fourth-order valence-corrected chi connectivity index (χ4v) is 3.96. The Morgan fingerprint density at radius 2 is 1.97 bits per heavy atom. The van der Waals surface area contributed by atoms with E-state index in [9.17, 15) is 8.78 Å². The number of hydrogen-bond acceptors (Lipinski definition) is 8. The molecule has 3 aliphatic rings. The first-order chi connectivity index (χ1) is 14.9. The lowest BCUT2D eigenvalue weighted by Crippen LogP contribution is -2.51. The minimum Gasteiger partial charge on any atom is -0.471 e. The molecule has 10 heteroatoms. The number of fused-ring (bicyclic) bond motifs is 3. The molecule has 31 heavy (non-hydrogen) atoms. The molecule has 1 atom stereocenters. The molecule has 0 aliphatic carbocycles. The number of aryl methyl sites for hydroxylation is 2. The second kappa shape index (κ2) is 7.02. The number of nitrogens with one attached hydrogen (secondary N) is 3. The summed E-state index contributed by atoms with van der Waals surface area (Å²) in [7, 11) is 0. The van der Waals surface area contributed by atoms with Crippen LogP contribution in [0.5, 0.6) is 11.5 Å². The zero-order valence-corrected chi connectivity index (χ0v) is 17.1. The van der Waals surface area contributed by atoms with Crippen LogP contribution in [0.25, 0.3) is 0 Å². The maximum Gasteiger partial charge on any atom is 0.387 e. The van der Waals surface area contributed by atoms with Gasteiger partial charge in [0.05, 0.1) is 11.4 Å². The van der Waals surface area contributed by atoms with Crippen molar-refractivity contribution >= 4 is 23.3 Å². The average molecular weight is 429 g/mol. The summed E-state index contributed by atoms with van der Waals surface area (Å²) in [6.07, 6.45) is 1.72. The van der Waals surface area contributed by atoms with E-state index in [0.717, 1.165) is 28.5 Å². The largest absolute Gasteiger partial charge is 0.471 e. The summed E-state index contributed by atoms with van der Waals surface area (Å²) in [5.74, 6) is 0.382. The van der Waals surface area contributed by atoms with Gasteiger partial charge in [-0.15, -0.1) is 0 Å². The van der Waals surface area contributed by atoms with E-state index in [2.05, 4.69) is 25.8 Å². The summed E-state index contributed by atoms with van der Waals surface area (Å²) < 4.78 is 35.6. The van der Waals surface area contributed by atoms with Gasteiger partial charge in [0.25, 0.3) is 0 Å². The van der Waals surface area contributed by atoms with Gasteiger partial charge in [-0.25, -0.2) is 15.3 Å². The van der Waals surface area contributed by atoms with Crippen molar-refractivity contribution in [1.29, 1.82) is 0 Å². The van der Waals surface area contributed by atoms with Gasteiger partial charge >= 0.3 is 12.6 Å². The van der Waals surface area contributed by atoms with E-state index in [0.29, 0.717) is 23.5 Å². The number of benzene rings is 2. The van der Waals surface area contributed by atoms with Crippen LogP contribution >= 0.6 is 0 Å². The smallest absolute Gasteiger partial charge is 0.387 e. The summed E-state index contributed by atoms with van der Waals surface area (Å²) in [5.41, 5.74) is 7.34. The van der Waals surface area contributed by atoms with Crippen molar-refractivity contribution in [3.05, 3.63) is 52.9 Å². The number of allylic oxidation sites excluding steroid dienone is 1. The van der Waals surface area contributed by atoms with E-state index in [1.165, 1.54) is 0 Å². The predicted molar refractivity (Wildman–Crippen MR) is 112 cm³/mol. The first-order valence-electron chi connectivity index (χ1n) is 9.71. The summed E-state index contributed by atoms with van der Waals surface area (Å²) in [6, 6.07) is 9.20. The number of hydrogen-bond donors (Lipinski definition) is 3. The maximum atomic E-state index is 12.7. The molecular formula is C21H21F2N5O3. The Balaban J connectivity index is 1.52. The molecule has 1 saturated heterocycles. The SMILES string of the molecule is CC1=C2NOC(Nc3cc(C)c(OC(F)F)c(C)c3)(N=C1)N2c1ccc2c(c1)NCO2. The number of halogens is 2. The Morgan fingerprint density at radius 1 is 1.19 bits per heavy atom. The molecule has 5 rings (SSSR count). The van der Waals surface area contributed by atoms with Gasteiger partial charge in [0.1, 0.15) is 17.3 Å². The number of ether oxygens (including phenoxy) is 2. The molecular weight excluding hydrogens is 408 g/mol. The Morgan fingerprint density at radius 3 is 2.71 bits per heavy atom. The minimum absolute atomic E-state index is 0.161. The van der Waals surface area contributed by atoms with Gasteiger partial charge in [-0.05, 0) is 62.2 Å². The van der Waals surface area contributed by atoms with Crippen molar-refractivity contribution in [3.63, 3.8) is 0 Å². The fraction of sp³-hybridized carbons (Fsp3) is 0.286. The molecule has 1 unspecified atom stereocenters. The molecule has 3 heterocycles. The molecule has 3 N–H and O–H groups in total. The number of hydroxylamine groups is 1. The highest BCUT2D eigenvalue weighted by Crippen LogP contribution is 2.42. The highest BCUT2D eigenvalue weighted by molar-refractivity contribution is 5.85. The van der Waals surface area contributed by atoms with Crippen molar-refractivity contribution in [1.82, 2.24) is 5.48 Å². The van der Waals surface area contributed by atoms with Gasteiger partial charge in [0.2, 0.25) is 0 Å². The first-order valence-corrected chi connectivity index (χ1v) is 9.71. The predicted octanol–water partition coefficient (Wildman–Crippen LogP) is 4.05. The second-order valence-electron chi connectivity index (χ2n) is 7.53. The molecule has 0 saturated carbocycles. The van der Waals surface area contributed by atoms with Crippen molar-refractivity contribution in [2.75, 3.05) is 22.3 Å². The van der Waals surface area contributed by atoms with Crippen molar-refractivity contribution in [3.8, 4) is 11.5 Å². The van der Waals surface area contributed by atoms with Crippen LogP contribution in [-0.4, -0.2) is 25.5 Å². The van der Waals surface area contributed by atoms with Crippen molar-refractivity contribution in [2.45, 2.75) is 33.4 Å². The Labute approximate surface area is 177 Å². The second-order valence-corrected chi connectivity index (χ2v) is 7.53. The number of aliphatic imine (C=N–C) groups is 1. The third-order valence-electron chi connectivity index (χ3n) is 5.31. The van der Waals surface area contributed by atoms with Crippen LogP contribution in [0, 0.1) is 13.8 Å². The monoisotopic (exact) mass is 429 g/mol. The number of nitrogens with zero attached hydrogens (tertiary/aromatic N) is 2. The molecule has 0 aromatic heterocycles. The molecule has 2 aromatic rings. The molecule has 1 fully saturated rings. The van der Waals surface area contributed by atoms with E-state index in [-0.39, 0.29) is 5.75 Å². The maximum absolute atomic E-state index is 12.7. The van der Waals surface area contributed by atoms with Crippen LogP contribution in [0.3, 0.4) is 0 Å². The minimum atomic E-state index is -2.89. The van der Waals surface area contributed by atoms with Crippen LogP contribution in [-0.2, 0) is 4.84 Å². The summed E-state index contributed by atoms with van der Waals surface area (Å²) in [5, 5.41) is 6.48. The highest BCUT2D eigenvalue weighted by atomic mass is 19.3. The standard InChI is InChI=1S/C21H21F2N5O3/c1-11-6-14(7-12(2)18(11)30-20(22)23)26-21-25-9-13(3)19(27-31-21)28(21)15-4-5-17-16(8-15)24-10-29-17/h4-9,20,24,26-27H,10H2,1-3H3. The van der Waals surface area contributed by atoms with Crippen LogP contribution in [0.4, 0.5) is 25.8 Å². The molecule has 2 aromatic carbocycles. The van der Waals surface area contributed by atoms with Gasteiger partial charge in [0, 0.05) is 17.5 Å². The molecule has 8 nitrogen and oxygen atoms in total. The fourth-order valence-electron chi connectivity index (χ4n) is 3.96. The molecule has 0 radical (unpaired) electrons. The topological polar surface area (TPSA) is 79.4 Å². The highest BCUT2D eigenvalue weighted by Gasteiger charge is 2.49. The first kappa shape index (κ1) is 19.4. The zero-order valence-electron chi connectivity index (χ0n) is 17.1. The van der Waals surface area contributed by atoms with E-state index in [1.807, 2.05) is 30.0 Å². The van der Waals surface area contributed by atoms with Gasteiger partial charge in [-0.3, -0.25) is 4.90 Å². The summed E-state index contributed by atoms with van der Waals surface area (Å²) in [6.45, 7) is 2.89. The lowest BCUT2D eigenvalue weighted by Gasteiger charge is -2.36. The van der Waals surface area contributed by atoms with Gasteiger partial charge in [0.15, 0.2) is 6.73 Å². The lowest BCUT2D eigenvalue weighted by atomic mass is 10.1. The van der Waals surface area contributed by atoms with E-state index in [4.69, 9.17) is 9.57 Å². The summed E-state index contributed by atoms with van der Waals surface area (Å²) >= 11 is 0. The number of rotatable bonds is 5. The van der Waals surface area contributed by atoms with Crippen LogP contribution < -0.4 is 30.5 Å². The van der Waals surface area contributed by atoms with Crippen molar-refractivity contribution < 1.29 is 23.1 Å². The Bertz CT molecular complexity index is 1100. The van der Waals surface area contributed by atoms with E-state index in [1.54, 1.807) is 32.2 Å². The molecule has 3 aliphatic heterocycles. The third-order valence-corrected chi connectivity index (χ3v) is 5.31. The van der Waals surface area contributed by atoms with Crippen LogP contribution in [0.2, 0.25) is 0 Å². The third kappa shape index (κ3) is 3.19. The summed E-state index contributed by atoms with van der Waals surface area (Å²) in [4.78, 5) is 12.4. The Kier molecular flexibility index (Phi) is 4.40.